The average molecular weight is 237 g/mol. The Morgan fingerprint density at radius 1 is 1.41 bits per heavy atom. The second-order valence-electron chi connectivity index (χ2n) is 4.97. The smallest absolute Gasteiger partial charge is 0.105 e. The molecule has 0 saturated carbocycles. The lowest BCUT2D eigenvalue weighted by Gasteiger charge is -2.24. The predicted molar refractivity (Wildman–Crippen MR) is 68.2 cm³/mol. The molecule has 3 atom stereocenters. The molecule has 3 nitrogen and oxygen atoms in total. The first kappa shape index (κ1) is 12.7. The highest BCUT2D eigenvalue weighted by atomic mass is 16.5. The second kappa shape index (κ2) is 5.23. The molecule has 0 spiro atoms. The number of aryl methyl sites for hydroxylation is 2. The van der Waals surface area contributed by atoms with Crippen molar-refractivity contribution in [1.82, 2.24) is 5.32 Å². The third-order valence-electron chi connectivity index (χ3n) is 3.48. The van der Waals surface area contributed by atoms with Crippen LogP contribution in [0.3, 0.4) is 0 Å². The molecule has 1 aromatic heterocycles. The Kier molecular flexibility index (Phi) is 3.89. The van der Waals surface area contributed by atoms with E-state index in [1.165, 1.54) is 5.56 Å². The summed E-state index contributed by atoms with van der Waals surface area (Å²) in [7, 11) is 0. The summed E-state index contributed by atoms with van der Waals surface area (Å²) >= 11 is 0. The van der Waals surface area contributed by atoms with Gasteiger partial charge in [-0.1, -0.05) is 6.92 Å². The van der Waals surface area contributed by atoms with Gasteiger partial charge in [0.05, 0.1) is 18.2 Å². The van der Waals surface area contributed by atoms with Gasteiger partial charge in [-0.2, -0.15) is 0 Å². The van der Waals surface area contributed by atoms with Crippen molar-refractivity contribution in [3.05, 3.63) is 23.2 Å². The van der Waals surface area contributed by atoms with Gasteiger partial charge in [0.2, 0.25) is 0 Å². The van der Waals surface area contributed by atoms with E-state index >= 15 is 0 Å². The minimum absolute atomic E-state index is 0.266. The third-order valence-corrected chi connectivity index (χ3v) is 3.48. The summed E-state index contributed by atoms with van der Waals surface area (Å²) in [6.07, 6.45) is 2.94. The van der Waals surface area contributed by atoms with E-state index in [0.717, 1.165) is 30.9 Å². The van der Waals surface area contributed by atoms with Gasteiger partial charge in [-0.3, -0.25) is 0 Å². The molecular formula is C14H23NO2. The monoisotopic (exact) mass is 237 g/mol. The first-order valence-corrected chi connectivity index (χ1v) is 6.57. The maximum Gasteiger partial charge on any atom is 0.105 e. The zero-order valence-corrected chi connectivity index (χ0v) is 11.2. The molecule has 17 heavy (non-hydrogen) atoms. The fourth-order valence-electron chi connectivity index (χ4n) is 2.70. The van der Waals surface area contributed by atoms with Gasteiger partial charge in [0, 0.05) is 5.56 Å². The van der Waals surface area contributed by atoms with Crippen molar-refractivity contribution < 1.29 is 9.15 Å². The molecule has 0 radical (unpaired) electrons. The summed E-state index contributed by atoms with van der Waals surface area (Å²) < 4.78 is 11.6. The van der Waals surface area contributed by atoms with Crippen molar-refractivity contribution in [2.24, 2.45) is 0 Å². The predicted octanol–water partition coefficient (Wildman–Crippen LogP) is 3.11. The highest BCUT2D eigenvalue weighted by Gasteiger charge is 2.32. The summed E-state index contributed by atoms with van der Waals surface area (Å²) in [6, 6.07) is 2.40. The van der Waals surface area contributed by atoms with Crippen molar-refractivity contribution in [3.8, 4) is 0 Å². The summed E-state index contributed by atoms with van der Waals surface area (Å²) in [5.41, 5.74) is 1.25. The molecule has 0 amide bonds. The zero-order valence-electron chi connectivity index (χ0n) is 11.2. The molecule has 1 N–H and O–H groups in total. The maximum absolute atomic E-state index is 5.99. The van der Waals surface area contributed by atoms with Crippen LogP contribution in [0, 0.1) is 13.8 Å². The number of rotatable bonds is 4. The van der Waals surface area contributed by atoms with Crippen LogP contribution >= 0.6 is 0 Å². The van der Waals surface area contributed by atoms with Crippen molar-refractivity contribution in [3.63, 3.8) is 0 Å². The molecule has 96 valence electrons. The number of furan rings is 1. The topological polar surface area (TPSA) is 34.4 Å². The van der Waals surface area contributed by atoms with E-state index < -0.39 is 0 Å². The highest BCUT2D eigenvalue weighted by Crippen LogP contribution is 2.32. The largest absolute Gasteiger partial charge is 0.466 e. The molecular weight excluding hydrogens is 214 g/mol. The van der Waals surface area contributed by atoms with Crippen LogP contribution < -0.4 is 5.32 Å². The van der Waals surface area contributed by atoms with E-state index in [1.807, 2.05) is 13.8 Å². The SMILES string of the molecule is CCNC(c1cc(C)oc1C)C1CCC(C)O1. The normalized spacial score (nSPS) is 26.4. The van der Waals surface area contributed by atoms with Crippen LogP contribution in [0.4, 0.5) is 0 Å². The highest BCUT2D eigenvalue weighted by molar-refractivity contribution is 5.25. The Hall–Kier alpha value is -0.800. The molecule has 0 aromatic carbocycles. The minimum atomic E-state index is 0.266. The van der Waals surface area contributed by atoms with Crippen LogP contribution in [-0.2, 0) is 4.74 Å². The van der Waals surface area contributed by atoms with Crippen molar-refractivity contribution in [2.45, 2.75) is 58.8 Å². The Labute approximate surface area is 104 Å². The lowest BCUT2D eigenvalue weighted by atomic mass is 9.99. The maximum atomic E-state index is 5.99. The van der Waals surface area contributed by atoms with Crippen molar-refractivity contribution >= 4 is 0 Å². The van der Waals surface area contributed by atoms with E-state index in [2.05, 4.69) is 25.2 Å². The van der Waals surface area contributed by atoms with Crippen LogP contribution in [0.5, 0.6) is 0 Å². The molecule has 1 aliphatic heterocycles. The zero-order chi connectivity index (χ0) is 12.4. The van der Waals surface area contributed by atoms with Crippen LogP contribution in [0.15, 0.2) is 10.5 Å². The Morgan fingerprint density at radius 2 is 2.18 bits per heavy atom. The summed E-state index contributed by atoms with van der Waals surface area (Å²) in [6.45, 7) is 9.26. The Morgan fingerprint density at radius 3 is 2.65 bits per heavy atom. The average Bonchev–Trinajstić information content (AvgIpc) is 2.82. The van der Waals surface area contributed by atoms with Gasteiger partial charge < -0.3 is 14.5 Å². The molecule has 1 fully saturated rings. The van der Waals surface area contributed by atoms with Crippen molar-refractivity contribution in [1.29, 1.82) is 0 Å². The van der Waals surface area contributed by atoms with Gasteiger partial charge in [0.25, 0.3) is 0 Å². The van der Waals surface area contributed by atoms with Gasteiger partial charge in [-0.15, -0.1) is 0 Å². The fourth-order valence-corrected chi connectivity index (χ4v) is 2.70. The van der Waals surface area contributed by atoms with E-state index in [9.17, 15) is 0 Å². The van der Waals surface area contributed by atoms with Crippen molar-refractivity contribution in [2.75, 3.05) is 6.54 Å². The number of hydrogen-bond acceptors (Lipinski definition) is 3. The summed E-state index contributed by atoms with van der Waals surface area (Å²) in [4.78, 5) is 0. The molecule has 1 aliphatic rings. The standard InChI is InChI=1S/C14H23NO2/c1-5-15-14(13-7-6-9(2)17-13)12-8-10(3)16-11(12)4/h8-9,13-15H,5-7H2,1-4H3. The van der Waals surface area contributed by atoms with Crippen LogP contribution in [0.2, 0.25) is 0 Å². The molecule has 3 heteroatoms. The van der Waals surface area contributed by atoms with E-state index in [-0.39, 0.29) is 12.1 Å². The molecule has 1 aromatic rings. The van der Waals surface area contributed by atoms with E-state index in [0.29, 0.717) is 6.10 Å². The second-order valence-corrected chi connectivity index (χ2v) is 4.97. The van der Waals surface area contributed by atoms with Gasteiger partial charge in [-0.25, -0.2) is 0 Å². The number of hydrogen-bond donors (Lipinski definition) is 1. The van der Waals surface area contributed by atoms with Gasteiger partial charge >= 0.3 is 0 Å². The van der Waals surface area contributed by atoms with Gasteiger partial charge in [0.15, 0.2) is 0 Å². The minimum Gasteiger partial charge on any atom is -0.466 e. The number of ether oxygens (including phenoxy) is 1. The number of likely N-dealkylation sites (N-methyl/N-ethyl adjacent to an activating group) is 1. The Balaban J connectivity index is 2.19. The molecule has 3 unspecified atom stereocenters. The van der Waals surface area contributed by atoms with Crippen LogP contribution in [0.1, 0.15) is 49.8 Å². The lowest BCUT2D eigenvalue weighted by Crippen LogP contribution is -2.32. The fraction of sp³-hybridized carbons (Fsp3) is 0.714. The van der Waals surface area contributed by atoms with E-state index in [1.54, 1.807) is 0 Å². The molecule has 2 heterocycles. The molecule has 2 rings (SSSR count). The van der Waals surface area contributed by atoms with Crippen LogP contribution in [-0.4, -0.2) is 18.8 Å². The van der Waals surface area contributed by atoms with Crippen LogP contribution in [0.25, 0.3) is 0 Å². The molecule has 0 aliphatic carbocycles. The summed E-state index contributed by atoms with van der Waals surface area (Å²) in [5, 5.41) is 3.53. The quantitative estimate of drug-likeness (QED) is 0.873. The molecule has 1 saturated heterocycles. The van der Waals surface area contributed by atoms with Gasteiger partial charge in [0.1, 0.15) is 11.5 Å². The number of nitrogens with one attached hydrogen (secondary N) is 1. The third kappa shape index (κ3) is 2.72. The summed E-state index contributed by atoms with van der Waals surface area (Å²) in [5.74, 6) is 1.99. The lowest BCUT2D eigenvalue weighted by molar-refractivity contribution is 0.0316. The van der Waals surface area contributed by atoms with Gasteiger partial charge in [-0.05, 0) is 46.2 Å². The first-order chi connectivity index (χ1) is 8.11. The molecule has 0 bridgehead atoms. The Bertz CT molecular complexity index is 372. The van der Waals surface area contributed by atoms with E-state index in [4.69, 9.17) is 9.15 Å². The first-order valence-electron chi connectivity index (χ1n) is 6.57.